The van der Waals surface area contributed by atoms with Crippen molar-refractivity contribution in [2.75, 3.05) is 0 Å². The standard InChI is InChI=1S/C9H18N2/c1-2-9(5-3-7-10)6-4-8-11/h7-11H,2-6H2,1H3. The van der Waals surface area contributed by atoms with E-state index in [4.69, 9.17) is 10.8 Å². The summed E-state index contributed by atoms with van der Waals surface area (Å²) in [6.45, 7) is 2.18. The first-order chi connectivity index (χ1) is 5.35. The van der Waals surface area contributed by atoms with E-state index < -0.39 is 0 Å². The van der Waals surface area contributed by atoms with Crippen molar-refractivity contribution in [3.05, 3.63) is 0 Å². The van der Waals surface area contributed by atoms with Gasteiger partial charge < -0.3 is 10.8 Å². The monoisotopic (exact) mass is 154 g/mol. The zero-order chi connectivity index (χ0) is 8.53. The van der Waals surface area contributed by atoms with Gasteiger partial charge in [-0.05, 0) is 44.0 Å². The molecule has 0 saturated heterocycles. The molecule has 2 heteroatoms. The third kappa shape index (κ3) is 5.77. The lowest BCUT2D eigenvalue weighted by molar-refractivity contribution is 0.456. The van der Waals surface area contributed by atoms with Crippen LogP contribution in [0.15, 0.2) is 0 Å². The van der Waals surface area contributed by atoms with Gasteiger partial charge in [-0.2, -0.15) is 0 Å². The quantitative estimate of drug-likeness (QED) is 0.530. The van der Waals surface area contributed by atoms with Crippen LogP contribution in [0.1, 0.15) is 39.0 Å². The fraction of sp³-hybridized carbons (Fsp3) is 0.778. The summed E-state index contributed by atoms with van der Waals surface area (Å²) in [5.74, 6) is 0.721. The molecule has 0 bridgehead atoms. The highest BCUT2D eigenvalue weighted by Gasteiger charge is 2.03. The summed E-state index contributed by atoms with van der Waals surface area (Å²) in [5, 5.41) is 13.8. The molecular formula is C9H18N2. The van der Waals surface area contributed by atoms with Crippen LogP contribution in [0.2, 0.25) is 0 Å². The van der Waals surface area contributed by atoms with Gasteiger partial charge in [-0.25, -0.2) is 0 Å². The molecule has 0 amide bonds. The second-order valence-electron chi connectivity index (χ2n) is 2.84. The van der Waals surface area contributed by atoms with Crippen molar-refractivity contribution in [2.45, 2.75) is 39.0 Å². The Labute approximate surface area is 69.0 Å². The maximum absolute atomic E-state index is 6.88. The van der Waals surface area contributed by atoms with Crippen molar-refractivity contribution in [2.24, 2.45) is 5.92 Å². The topological polar surface area (TPSA) is 47.7 Å². The van der Waals surface area contributed by atoms with E-state index in [2.05, 4.69) is 6.92 Å². The molecule has 0 fully saturated rings. The van der Waals surface area contributed by atoms with Crippen LogP contribution in [0.5, 0.6) is 0 Å². The maximum atomic E-state index is 6.88. The summed E-state index contributed by atoms with van der Waals surface area (Å²) in [6.07, 6.45) is 8.18. The molecule has 0 saturated carbocycles. The summed E-state index contributed by atoms with van der Waals surface area (Å²) < 4.78 is 0. The molecular weight excluding hydrogens is 136 g/mol. The number of nitrogens with one attached hydrogen (secondary N) is 2. The maximum Gasteiger partial charge on any atom is -0.00476 e. The fourth-order valence-electron chi connectivity index (χ4n) is 1.19. The molecule has 0 unspecified atom stereocenters. The summed E-state index contributed by atoms with van der Waals surface area (Å²) in [5.41, 5.74) is 0. The van der Waals surface area contributed by atoms with Gasteiger partial charge >= 0.3 is 0 Å². The van der Waals surface area contributed by atoms with Gasteiger partial charge in [-0.3, -0.25) is 0 Å². The van der Waals surface area contributed by atoms with Crippen molar-refractivity contribution in [3.8, 4) is 0 Å². The minimum atomic E-state index is 0.721. The number of hydrogen-bond acceptors (Lipinski definition) is 2. The lowest BCUT2D eigenvalue weighted by Gasteiger charge is -2.10. The highest BCUT2D eigenvalue weighted by molar-refractivity contribution is 5.53. The van der Waals surface area contributed by atoms with E-state index in [9.17, 15) is 0 Å². The molecule has 0 radical (unpaired) electrons. The van der Waals surface area contributed by atoms with Gasteiger partial charge in [0.15, 0.2) is 0 Å². The molecule has 0 aliphatic heterocycles. The molecule has 2 N–H and O–H groups in total. The Kier molecular flexibility index (Phi) is 7.00. The summed E-state index contributed by atoms with van der Waals surface area (Å²) in [6, 6.07) is 0. The first-order valence-electron chi connectivity index (χ1n) is 4.33. The van der Waals surface area contributed by atoms with Gasteiger partial charge in [0.05, 0.1) is 0 Å². The predicted molar refractivity (Wildman–Crippen MR) is 49.8 cm³/mol. The molecule has 0 aromatic heterocycles. The van der Waals surface area contributed by atoms with E-state index in [-0.39, 0.29) is 0 Å². The van der Waals surface area contributed by atoms with Crippen LogP contribution >= 0.6 is 0 Å². The van der Waals surface area contributed by atoms with Crippen molar-refractivity contribution in [1.29, 1.82) is 10.8 Å². The SMILES string of the molecule is CCC(CCC=N)CCC=N. The largest absolute Gasteiger partial charge is 0.313 e. The Bertz CT molecular complexity index is 98.1. The Morgan fingerprint density at radius 3 is 1.82 bits per heavy atom. The average molecular weight is 154 g/mol. The van der Waals surface area contributed by atoms with E-state index in [1.807, 2.05) is 0 Å². The molecule has 0 aromatic carbocycles. The molecule has 0 spiro atoms. The van der Waals surface area contributed by atoms with Crippen LogP contribution in [-0.4, -0.2) is 12.4 Å². The Hall–Kier alpha value is -0.660. The van der Waals surface area contributed by atoms with Crippen molar-refractivity contribution in [3.63, 3.8) is 0 Å². The van der Waals surface area contributed by atoms with Crippen LogP contribution in [0.3, 0.4) is 0 Å². The van der Waals surface area contributed by atoms with E-state index in [1.54, 1.807) is 0 Å². The van der Waals surface area contributed by atoms with E-state index >= 15 is 0 Å². The third-order valence-corrected chi connectivity index (χ3v) is 2.02. The van der Waals surface area contributed by atoms with E-state index in [0.29, 0.717) is 0 Å². The first kappa shape index (κ1) is 10.3. The van der Waals surface area contributed by atoms with Gasteiger partial charge in [-0.15, -0.1) is 0 Å². The van der Waals surface area contributed by atoms with Gasteiger partial charge in [0.1, 0.15) is 0 Å². The molecule has 0 aliphatic rings. The molecule has 0 aliphatic carbocycles. The minimum absolute atomic E-state index is 0.721. The van der Waals surface area contributed by atoms with Crippen LogP contribution in [0.25, 0.3) is 0 Å². The van der Waals surface area contributed by atoms with Crippen LogP contribution < -0.4 is 0 Å². The van der Waals surface area contributed by atoms with Gasteiger partial charge in [0, 0.05) is 0 Å². The third-order valence-electron chi connectivity index (χ3n) is 2.02. The molecule has 11 heavy (non-hydrogen) atoms. The summed E-state index contributed by atoms with van der Waals surface area (Å²) >= 11 is 0. The lowest BCUT2D eigenvalue weighted by atomic mass is 9.95. The minimum Gasteiger partial charge on any atom is -0.313 e. The van der Waals surface area contributed by atoms with Crippen molar-refractivity contribution < 1.29 is 0 Å². The van der Waals surface area contributed by atoms with Crippen molar-refractivity contribution in [1.82, 2.24) is 0 Å². The van der Waals surface area contributed by atoms with Gasteiger partial charge in [-0.1, -0.05) is 13.3 Å². The molecule has 0 heterocycles. The lowest BCUT2D eigenvalue weighted by Crippen LogP contribution is -1.99. The first-order valence-corrected chi connectivity index (χ1v) is 4.33. The number of rotatable bonds is 7. The molecule has 2 nitrogen and oxygen atoms in total. The zero-order valence-electron chi connectivity index (χ0n) is 7.27. The summed E-state index contributed by atoms with van der Waals surface area (Å²) in [4.78, 5) is 0. The van der Waals surface area contributed by atoms with E-state index in [0.717, 1.165) is 31.6 Å². The van der Waals surface area contributed by atoms with Gasteiger partial charge in [0.25, 0.3) is 0 Å². The van der Waals surface area contributed by atoms with Crippen LogP contribution in [0, 0.1) is 16.7 Å². The average Bonchev–Trinajstić information content (AvgIpc) is 2.05. The molecule has 0 rings (SSSR count). The Morgan fingerprint density at radius 1 is 1.09 bits per heavy atom. The predicted octanol–water partition coefficient (Wildman–Crippen LogP) is 2.87. The highest BCUT2D eigenvalue weighted by Crippen LogP contribution is 2.15. The second kappa shape index (κ2) is 7.45. The van der Waals surface area contributed by atoms with Gasteiger partial charge in [0.2, 0.25) is 0 Å². The van der Waals surface area contributed by atoms with Crippen LogP contribution in [-0.2, 0) is 0 Å². The second-order valence-corrected chi connectivity index (χ2v) is 2.84. The molecule has 0 aromatic rings. The molecule has 0 atom stereocenters. The zero-order valence-corrected chi connectivity index (χ0v) is 7.27. The van der Waals surface area contributed by atoms with Crippen LogP contribution in [0.4, 0.5) is 0 Å². The van der Waals surface area contributed by atoms with E-state index in [1.165, 1.54) is 18.9 Å². The Balaban J connectivity index is 3.39. The smallest absolute Gasteiger partial charge is 0.00476 e. The van der Waals surface area contributed by atoms with Crippen molar-refractivity contribution >= 4 is 12.4 Å². The fourth-order valence-corrected chi connectivity index (χ4v) is 1.19. The molecule has 64 valence electrons. The number of hydrogen-bond donors (Lipinski definition) is 2. The Morgan fingerprint density at radius 2 is 1.55 bits per heavy atom. The summed E-state index contributed by atoms with van der Waals surface area (Å²) in [7, 11) is 0. The highest BCUT2D eigenvalue weighted by atomic mass is 14.3. The normalized spacial score (nSPS) is 12.5.